The van der Waals surface area contributed by atoms with Gasteiger partial charge in [-0.15, -0.1) is 10.2 Å². The summed E-state index contributed by atoms with van der Waals surface area (Å²) >= 11 is 0. The Hall–Kier alpha value is -2.41. The molecule has 1 saturated heterocycles. The molecular formula is C16H21N7. The van der Waals surface area contributed by atoms with Crippen molar-refractivity contribution in [3.8, 4) is 0 Å². The second kappa shape index (κ2) is 6.37. The first-order chi connectivity index (χ1) is 11.4. The molecule has 1 aliphatic heterocycles. The van der Waals surface area contributed by atoms with E-state index in [0.29, 0.717) is 5.92 Å². The van der Waals surface area contributed by atoms with Crippen LogP contribution in [-0.4, -0.2) is 44.2 Å². The van der Waals surface area contributed by atoms with E-state index in [0.717, 1.165) is 37.6 Å². The highest BCUT2D eigenvalue weighted by Gasteiger charge is 2.22. The zero-order valence-electron chi connectivity index (χ0n) is 13.0. The number of fused-ring (bicyclic) bond motifs is 1. The smallest absolute Gasteiger partial charge is 0.203 e. The maximum Gasteiger partial charge on any atom is 0.203 e. The molecule has 7 nitrogen and oxygen atoms in total. The van der Waals surface area contributed by atoms with Gasteiger partial charge in [0.2, 0.25) is 5.65 Å². The molecule has 1 aliphatic rings. The molecule has 3 aromatic heterocycles. The lowest BCUT2D eigenvalue weighted by Crippen LogP contribution is -2.40. The third-order valence-corrected chi connectivity index (χ3v) is 4.44. The van der Waals surface area contributed by atoms with Gasteiger partial charge in [-0.25, -0.2) is 4.98 Å². The summed E-state index contributed by atoms with van der Waals surface area (Å²) in [4.78, 5) is 9.97. The maximum atomic E-state index is 4.54. The van der Waals surface area contributed by atoms with Gasteiger partial charge in [0.05, 0.1) is 0 Å². The second-order valence-corrected chi connectivity index (χ2v) is 6.12. The van der Waals surface area contributed by atoms with Gasteiger partial charge in [0.1, 0.15) is 6.33 Å². The maximum absolute atomic E-state index is 4.54. The van der Waals surface area contributed by atoms with Crippen molar-refractivity contribution in [2.75, 3.05) is 24.5 Å². The number of rotatable bonds is 5. The van der Waals surface area contributed by atoms with Crippen molar-refractivity contribution >= 4 is 11.5 Å². The Labute approximate surface area is 134 Å². The largest absolute Gasteiger partial charge is 0.367 e. The van der Waals surface area contributed by atoms with Gasteiger partial charge in [0, 0.05) is 44.4 Å². The quantitative estimate of drug-likeness (QED) is 0.746. The number of aromatic nitrogens is 5. The van der Waals surface area contributed by atoms with Crippen molar-refractivity contribution in [2.24, 2.45) is 5.92 Å². The van der Waals surface area contributed by atoms with Crippen molar-refractivity contribution in [2.45, 2.75) is 19.4 Å². The van der Waals surface area contributed by atoms with Gasteiger partial charge < -0.3 is 15.2 Å². The molecule has 0 aromatic carbocycles. The molecule has 4 heterocycles. The molecule has 0 radical (unpaired) electrons. The monoisotopic (exact) mass is 311 g/mol. The Morgan fingerprint density at radius 2 is 2.39 bits per heavy atom. The first-order valence-electron chi connectivity index (χ1n) is 8.12. The van der Waals surface area contributed by atoms with Crippen molar-refractivity contribution in [1.82, 2.24) is 29.9 Å². The Balaban J connectivity index is 1.40. The van der Waals surface area contributed by atoms with Crippen LogP contribution in [0.25, 0.3) is 5.65 Å². The first kappa shape index (κ1) is 14.2. The van der Waals surface area contributed by atoms with Crippen LogP contribution in [0.4, 0.5) is 5.82 Å². The van der Waals surface area contributed by atoms with E-state index < -0.39 is 0 Å². The molecule has 0 bridgehead atoms. The predicted molar refractivity (Wildman–Crippen MR) is 88.2 cm³/mol. The fourth-order valence-corrected chi connectivity index (χ4v) is 3.28. The third kappa shape index (κ3) is 3.05. The Morgan fingerprint density at radius 1 is 1.39 bits per heavy atom. The highest BCUT2D eigenvalue weighted by atomic mass is 15.3. The molecule has 4 rings (SSSR count). The summed E-state index contributed by atoms with van der Waals surface area (Å²) in [6.07, 6.45) is 11.9. The number of piperidine rings is 1. The van der Waals surface area contributed by atoms with Crippen molar-refractivity contribution in [3.63, 3.8) is 0 Å². The number of hydrogen-bond donors (Lipinski definition) is 2. The molecule has 7 heteroatoms. The molecule has 0 amide bonds. The summed E-state index contributed by atoms with van der Waals surface area (Å²) in [5.74, 6) is 1.58. The van der Waals surface area contributed by atoms with E-state index in [2.05, 4.69) is 36.4 Å². The van der Waals surface area contributed by atoms with E-state index in [1.165, 1.54) is 18.4 Å². The summed E-state index contributed by atoms with van der Waals surface area (Å²) in [7, 11) is 0. The normalized spacial score (nSPS) is 18.6. The van der Waals surface area contributed by atoms with E-state index in [1.807, 2.05) is 29.2 Å². The van der Waals surface area contributed by atoms with Gasteiger partial charge in [-0.3, -0.25) is 4.40 Å². The van der Waals surface area contributed by atoms with Gasteiger partial charge in [-0.05, 0) is 36.9 Å². The van der Waals surface area contributed by atoms with Crippen LogP contribution in [0.15, 0.2) is 37.2 Å². The number of hydrogen-bond acceptors (Lipinski definition) is 5. The van der Waals surface area contributed by atoms with Crippen molar-refractivity contribution in [3.05, 3.63) is 42.7 Å². The van der Waals surface area contributed by atoms with Crippen molar-refractivity contribution < 1.29 is 0 Å². The minimum Gasteiger partial charge on any atom is -0.367 e. The molecule has 0 aliphatic carbocycles. The van der Waals surface area contributed by atoms with Crippen LogP contribution in [0.1, 0.15) is 18.4 Å². The Kier molecular flexibility index (Phi) is 3.94. The fraction of sp³-hybridized carbons (Fsp3) is 0.438. The van der Waals surface area contributed by atoms with Crippen LogP contribution in [0, 0.1) is 5.92 Å². The number of H-pyrrole nitrogens is 1. The van der Waals surface area contributed by atoms with Crippen LogP contribution in [0.2, 0.25) is 0 Å². The summed E-state index contributed by atoms with van der Waals surface area (Å²) in [5.41, 5.74) is 2.14. The van der Waals surface area contributed by atoms with Crippen LogP contribution >= 0.6 is 0 Å². The molecule has 0 spiro atoms. The highest BCUT2D eigenvalue weighted by molar-refractivity contribution is 5.63. The average Bonchev–Trinajstić information content (AvgIpc) is 3.26. The van der Waals surface area contributed by atoms with Crippen LogP contribution in [0.5, 0.6) is 0 Å². The minimum absolute atomic E-state index is 0.632. The molecule has 0 saturated carbocycles. The average molecular weight is 311 g/mol. The SMILES string of the molecule is c1cn2cnnc2c(N2CCC[C@@H](CNCc3cc[nH]c3)C2)n1. The zero-order valence-corrected chi connectivity index (χ0v) is 13.0. The van der Waals surface area contributed by atoms with Gasteiger partial charge in [0.25, 0.3) is 0 Å². The van der Waals surface area contributed by atoms with Crippen LogP contribution in [-0.2, 0) is 6.54 Å². The van der Waals surface area contributed by atoms with Gasteiger partial charge in [-0.2, -0.15) is 0 Å². The number of aromatic amines is 1. The highest BCUT2D eigenvalue weighted by Crippen LogP contribution is 2.23. The number of anilines is 1. The first-order valence-corrected chi connectivity index (χ1v) is 8.12. The lowest BCUT2D eigenvalue weighted by molar-refractivity contribution is 0.390. The molecule has 3 aromatic rings. The molecular weight excluding hydrogens is 290 g/mol. The Bertz CT molecular complexity index is 749. The topological polar surface area (TPSA) is 74.1 Å². The number of nitrogens with zero attached hydrogens (tertiary/aromatic N) is 5. The van der Waals surface area contributed by atoms with Crippen molar-refractivity contribution in [1.29, 1.82) is 0 Å². The second-order valence-electron chi connectivity index (χ2n) is 6.12. The molecule has 120 valence electrons. The van der Waals surface area contributed by atoms with E-state index in [-0.39, 0.29) is 0 Å². The van der Waals surface area contributed by atoms with Gasteiger partial charge in [-0.1, -0.05) is 0 Å². The Morgan fingerprint density at radius 3 is 3.30 bits per heavy atom. The standard InChI is InChI=1S/C16H21N7/c1-2-14(10-18-9-13-3-4-17-8-13)11-22(6-1)15-16-21-20-12-23(16)7-5-19-15/h3-5,7-8,12,14,17-18H,1-2,6,9-11H2/t14-/m0/s1. The van der Waals surface area contributed by atoms with Gasteiger partial charge in [0.15, 0.2) is 5.82 Å². The number of nitrogens with one attached hydrogen (secondary N) is 2. The van der Waals surface area contributed by atoms with E-state index in [4.69, 9.17) is 0 Å². The third-order valence-electron chi connectivity index (χ3n) is 4.44. The van der Waals surface area contributed by atoms with E-state index >= 15 is 0 Å². The molecule has 23 heavy (non-hydrogen) atoms. The molecule has 1 atom stereocenters. The summed E-state index contributed by atoms with van der Waals surface area (Å²) in [5, 5.41) is 11.8. The minimum atomic E-state index is 0.632. The lowest BCUT2D eigenvalue weighted by Gasteiger charge is -2.33. The molecule has 1 fully saturated rings. The molecule has 2 N–H and O–H groups in total. The van der Waals surface area contributed by atoms with Crippen LogP contribution < -0.4 is 10.2 Å². The van der Waals surface area contributed by atoms with Gasteiger partial charge >= 0.3 is 0 Å². The van der Waals surface area contributed by atoms with E-state index in [9.17, 15) is 0 Å². The van der Waals surface area contributed by atoms with E-state index in [1.54, 1.807) is 6.33 Å². The summed E-state index contributed by atoms with van der Waals surface area (Å²) in [6, 6.07) is 2.11. The zero-order chi connectivity index (χ0) is 15.5. The summed E-state index contributed by atoms with van der Waals surface area (Å²) in [6.45, 7) is 3.99. The lowest BCUT2D eigenvalue weighted by atomic mass is 9.98. The summed E-state index contributed by atoms with van der Waals surface area (Å²) < 4.78 is 1.93. The van der Waals surface area contributed by atoms with Crippen LogP contribution in [0.3, 0.4) is 0 Å². The predicted octanol–water partition coefficient (Wildman–Crippen LogP) is 1.46. The molecule has 0 unspecified atom stereocenters. The fourth-order valence-electron chi connectivity index (χ4n) is 3.28.